The highest BCUT2D eigenvalue weighted by molar-refractivity contribution is 7.89. The normalized spacial score (nSPS) is 11.8. The molecule has 4 rings (SSSR count). The second-order valence-electron chi connectivity index (χ2n) is 8.71. The van der Waals surface area contributed by atoms with Crippen LogP contribution in [0.1, 0.15) is 16.0 Å². The van der Waals surface area contributed by atoms with Gasteiger partial charge in [-0.15, -0.1) is 11.3 Å². The Balaban J connectivity index is 1.65. The van der Waals surface area contributed by atoms with Crippen molar-refractivity contribution in [2.45, 2.75) is 24.9 Å². The van der Waals surface area contributed by atoms with Gasteiger partial charge in [-0.2, -0.15) is 4.31 Å². The summed E-state index contributed by atoms with van der Waals surface area (Å²) in [6.45, 7) is 2.34. The minimum Gasteiger partial charge on any atom is -0.383 e. The number of hydrogen-bond donors (Lipinski definition) is 0. The molecule has 0 aliphatic carbocycles. The largest absolute Gasteiger partial charge is 0.383 e. The van der Waals surface area contributed by atoms with Crippen LogP contribution in [0.15, 0.2) is 83.1 Å². The number of benzene rings is 3. The van der Waals surface area contributed by atoms with E-state index in [0.29, 0.717) is 11.9 Å². The molecule has 0 unspecified atom stereocenters. The van der Waals surface area contributed by atoms with Gasteiger partial charge in [-0.1, -0.05) is 48.5 Å². The van der Waals surface area contributed by atoms with Crippen molar-refractivity contribution in [2.24, 2.45) is 0 Å². The second-order valence-corrected chi connectivity index (χ2v) is 11.6. The lowest BCUT2D eigenvalue weighted by molar-refractivity contribution is -0.132. The number of thiophene rings is 1. The van der Waals surface area contributed by atoms with Crippen LogP contribution in [0.2, 0.25) is 0 Å². The molecule has 9 heteroatoms. The number of rotatable bonds is 11. The molecule has 4 aromatic rings. The Labute approximate surface area is 221 Å². The molecule has 0 radical (unpaired) electrons. The van der Waals surface area contributed by atoms with Crippen molar-refractivity contribution in [3.63, 3.8) is 0 Å². The summed E-state index contributed by atoms with van der Waals surface area (Å²) in [5, 5.41) is 3.35. The highest BCUT2D eigenvalue weighted by atomic mass is 32.2. The summed E-state index contributed by atoms with van der Waals surface area (Å²) < 4.78 is 47.5. The predicted octanol–water partition coefficient (Wildman–Crippen LogP) is 5.21. The maximum absolute atomic E-state index is 13.8. The van der Waals surface area contributed by atoms with Crippen LogP contribution in [0.3, 0.4) is 0 Å². The summed E-state index contributed by atoms with van der Waals surface area (Å²) in [7, 11) is -2.53. The Morgan fingerprint density at radius 3 is 2.41 bits per heavy atom. The van der Waals surface area contributed by atoms with E-state index < -0.39 is 10.0 Å². The van der Waals surface area contributed by atoms with Crippen LogP contribution in [-0.2, 0) is 32.6 Å². The Morgan fingerprint density at radius 2 is 1.70 bits per heavy atom. The molecule has 0 fully saturated rings. The molecule has 1 aromatic heterocycles. The van der Waals surface area contributed by atoms with Gasteiger partial charge in [-0.3, -0.25) is 4.79 Å². The first-order chi connectivity index (χ1) is 17.8. The predicted molar refractivity (Wildman–Crippen MR) is 144 cm³/mol. The van der Waals surface area contributed by atoms with E-state index in [9.17, 15) is 17.6 Å². The standard InChI is InChI=1S/C28H29FN2O4S2/c1-21-14-17-36-26(21)19-30(18-22-10-12-24(29)13-11-22)28(32)20-31(15-16-35-2)37(33,34)27-9-5-7-23-6-3-4-8-25(23)27/h3-14,17H,15-16,18-20H2,1-2H3. The van der Waals surface area contributed by atoms with Crippen molar-refractivity contribution in [1.82, 2.24) is 9.21 Å². The van der Waals surface area contributed by atoms with E-state index in [1.54, 1.807) is 41.3 Å². The summed E-state index contributed by atoms with van der Waals surface area (Å²) in [4.78, 5) is 16.4. The first kappa shape index (κ1) is 26.9. The number of fused-ring (bicyclic) bond motifs is 1. The fraction of sp³-hybridized carbons (Fsp3) is 0.250. The zero-order chi connectivity index (χ0) is 26.4. The number of sulfonamides is 1. The van der Waals surface area contributed by atoms with Crippen molar-refractivity contribution < 1.29 is 22.3 Å². The van der Waals surface area contributed by atoms with Gasteiger partial charge in [0.15, 0.2) is 0 Å². The molecule has 0 spiro atoms. The first-order valence-electron chi connectivity index (χ1n) is 11.8. The Kier molecular flexibility index (Phi) is 8.71. The molecule has 0 atom stereocenters. The van der Waals surface area contributed by atoms with E-state index in [1.807, 2.05) is 36.6 Å². The van der Waals surface area contributed by atoms with E-state index in [2.05, 4.69) is 0 Å². The van der Waals surface area contributed by atoms with E-state index >= 15 is 0 Å². The Morgan fingerprint density at radius 1 is 0.973 bits per heavy atom. The van der Waals surface area contributed by atoms with Crippen LogP contribution in [0.25, 0.3) is 10.8 Å². The molecule has 0 aliphatic rings. The number of aryl methyl sites for hydroxylation is 1. The summed E-state index contributed by atoms with van der Waals surface area (Å²) in [5.74, 6) is -0.709. The van der Waals surface area contributed by atoms with E-state index in [0.717, 1.165) is 21.4 Å². The van der Waals surface area contributed by atoms with Crippen LogP contribution in [0.5, 0.6) is 0 Å². The van der Waals surface area contributed by atoms with Gasteiger partial charge in [0.05, 0.1) is 24.6 Å². The minimum absolute atomic E-state index is 0.0240. The topological polar surface area (TPSA) is 66.9 Å². The molecule has 0 saturated carbocycles. The number of nitrogens with zero attached hydrogens (tertiary/aromatic N) is 2. The molecule has 0 N–H and O–H groups in total. The average molecular weight is 541 g/mol. The summed E-state index contributed by atoms with van der Waals surface area (Å²) in [6, 6.07) is 20.3. The molecule has 1 amide bonds. The number of carbonyl (C=O) groups excluding carboxylic acids is 1. The summed E-state index contributed by atoms with van der Waals surface area (Å²) in [5.41, 5.74) is 1.81. The lowest BCUT2D eigenvalue weighted by Gasteiger charge is -2.27. The Bertz CT molecular complexity index is 1460. The molecule has 0 saturated heterocycles. The molecule has 0 aliphatic heterocycles. The molecule has 37 heavy (non-hydrogen) atoms. The van der Waals surface area contributed by atoms with Crippen LogP contribution in [0, 0.1) is 12.7 Å². The monoisotopic (exact) mass is 540 g/mol. The highest BCUT2D eigenvalue weighted by Gasteiger charge is 2.30. The Hall–Kier alpha value is -3.11. The van der Waals surface area contributed by atoms with Crippen LogP contribution < -0.4 is 0 Å². The molecule has 3 aromatic carbocycles. The lowest BCUT2D eigenvalue weighted by Crippen LogP contribution is -2.43. The number of carbonyl (C=O) groups is 1. The molecular formula is C28H29FN2O4S2. The quantitative estimate of drug-likeness (QED) is 0.262. The zero-order valence-corrected chi connectivity index (χ0v) is 22.4. The van der Waals surface area contributed by atoms with E-state index in [1.165, 1.54) is 34.9 Å². The van der Waals surface area contributed by atoms with Gasteiger partial charge in [0, 0.05) is 30.5 Å². The average Bonchev–Trinajstić information content (AvgIpc) is 3.30. The summed E-state index contributed by atoms with van der Waals surface area (Å²) in [6.07, 6.45) is 0. The van der Waals surface area contributed by atoms with Gasteiger partial charge < -0.3 is 9.64 Å². The van der Waals surface area contributed by atoms with Crippen molar-refractivity contribution in [3.8, 4) is 0 Å². The fourth-order valence-electron chi connectivity index (χ4n) is 4.07. The number of hydrogen-bond acceptors (Lipinski definition) is 5. The van der Waals surface area contributed by atoms with Crippen molar-refractivity contribution in [1.29, 1.82) is 0 Å². The smallest absolute Gasteiger partial charge is 0.244 e. The SMILES string of the molecule is COCCN(CC(=O)N(Cc1ccc(F)cc1)Cc1sccc1C)S(=O)(=O)c1cccc2ccccc12. The maximum Gasteiger partial charge on any atom is 0.244 e. The van der Waals surface area contributed by atoms with Gasteiger partial charge in [0.2, 0.25) is 15.9 Å². The van der Waals surface area contributed by atoms with Crippen molar-refractivity contribution in [3.05, 3.63) is 100.0 Å². The highest BCUT2D eigenvalue weighted by Crippen LogP contribution is 2.26. The third kappa shape index (κ3) is 6.42. The molecular weight excluding hydrogens is 511 g/mol. The number of amides is 1. The van der Waals surface area contributed by atoms with Gasteiger partial charge in [0.25, 0.3) is 0 Å². The van der Waals surface area contributed by atoms with E-state index in [-0.39, 0.29) is 42.9 Å². The second kappa shape index (κ2) is 12.0. The minimum atomic E-state index is -4.02. The number of methoxy groups -OCH3 is 1. The first-order valence-corrected chi connectivity index (χ1v) is 14.1. The molecule has 0 bridgehead atoms. The van der Waals surface area contributed by atoms with Gasteiger partial charge in [-0.05, 0) is 53.1 Å². The molecule has 1 heterocycles. The van der Waals surface area contributed by atoms with Crippen molar-refractivity contribution >= 4 is 38.0 Å². The van der Waals surface area contributed by atoms with Crippen LogP contribution in [0.4, 0.5) is 4.39 Å². The molecule has 194 valence electrons. The number of halogens is 1. The van der Waals surface area contributed by atoms with Gasteiger partial charge in [0.1, 0.15) is 5.82 Å². The number of ether oxygens (including phenoxy) is 1. The van der Waals surface area contributed by atoms with Gasteiger partial charge >= 0.3 is 0 Å². The zero-order valence-electron chi connectivity index (χ0n) is 20.8. The third-order valence-corrected chi connectivity index (χ3v) is 9.08. The van der Waals surface area contributed by atoms with Crippen LogP contribution in [-0.4, -0.2) is 50.3 Å². The fourth-order valence-corrected chi connectivity index (χ4v) is 6.58. The van der Waals surface area contributed by atoms with Crippen LogP contribution >= 0.6 is 11.3 Å². The van der Waals surface area contributed by atoms with Gasteiger partial charge in [-0.25, -0.2) is 12.8 Å². The van der Waals surface area contributed by atoms with Crippen molar-refractivity contribution in [2.75, 3.05) is 26.8 Å². The summed E-state index contributed by atoms with van der Waals surface area (Å²) >= 11 is 1.54. The van der Waals surface area contributed by atoms with E-state index in [4.69, 9.17) is 4.74 Å². The third-order valence-electron chi connectivity index (χ3n) is 6.17. The lowest BCUT2D eigenvalue weighted by atomic mass is 10.1. The maximum atomic E-state index is 13.8. The molecule has 6 nitrogen and oxygen atoms in total.